The molecule has 0 fully saturated rings. The third-order valence-corrected chi connectivity index (χ3v) is 6.16. The van der Waals surface area contributed by atoms with Gasteiger partial charge in [-0.15, -0.1) is 0 Å². The van der Waals surface area contributed by atoms with E-state index in [0.717, 1.165) is 23.8 Å². The van der Waals surface area contributed by atoms with Gasteiger partial charge in [0, 0.05) is 12.6 Å². The van der Waals surface area contributed by atoms with Crippen molar-refractivity contribution in [2.75, 3.05) is 7.11 Å². The lowest BCUT2D eigenvalue weighted by atomic mass is 9.96. The van der Waals surface area contributed by atoms with Gasteiger partial charge in [0.2, 0.25) is 0 Å². The molecule has 3 aromatic rings. The van der Waals surface area contributed by atoms with Crippen molar-refractivity contribution < 1.29 is 27.1 Å². The smallest absolute Gasteiger partial charge is 0.399 e. The second kappa shape index (κ2) is 12.1. The first kappa shape index (κ1) is 28.0. The molecule has 0 bridgehead atoms. The Bertz CT molecular complexity index is 1240. The lowest BCUT2D eigenvalue weighted by molar-refractivity contribution is -0.139. The van der Waals surface area contributed by atoms with Crippen LogP contribution in [0.15, 0.2) is 54.7 Å². The van der Waals surface area contributed by atoms with Gasteiger partial charge in [0.1, 0.15) is 10.9 Å². The van der Waals surface area contributed by atoms with Crippen LogP contribution < -0.4 is 4.74 Å². The fraction of sp³-hybridized carbons (Fsp3) is 0.231. The SMILES string of the molecule is COc1cc(/C=C/C(c2cc(Cl)c(F)c(Cl)c2)C(F)(F)F)ccc1C(=O)CCCc1ccc(Cl)nc1. The van der Waals surface area contributed by atoms with E-state index in [1.54, 1.807) is 12.3 Å². The average molecular weight is 561 g/mol. The Kier molecular flexibility index (Phi) is 9.39. The number of hydrogen-bond donors (Lipinski definition) is 0. The van der Waals surface area contributed by atoms with E-state index in [0.29, 0.717) is 29.1 Å². The second-order valence-electron chi connectivity index (χ2n) is 7.90. The van der Waals surface area contributed by atoms with E-state index in [9.17, 15) is 22.4 Å². The first-order chi connectivity index (χ1) is 17.0. The molecular weight excluding hydrogens is 541 g/mol. The summed E-state index contributed by atoms with van der Waals surface area (Å²) in [4.78, 5) is 16.7. The van der Waals surface area contributed by atoms with Crippen LogP contribution in [0.5, 0.6) is 5.75 Å². The van der Waals surface area contributed by atoms with Crippen LogP contribution in [0, 0.1) is 5.82 Å². The Morgan fingerprint density at radius 3 is 2.36 bits per heavy atom. The van der Waals surface area contributed by atoms with Crippen molar-refractivity contribution in [3.63, 3.8) is 0 Å². The number of methoxy groups -OCH3 is 1. The standard InChI is InChI=1S/C26H20Cl3F4NO2/c1-36-23-11-15(5-8-18(23)22(35)4-2-3-16-7-10-24(29)34-14-16)6-9-19(26(31,32)33)17-12-20(27)25(30)21(28)13-17/h5-14,19H,2-4H2,1H3/b9-6+. The van der Waals surface area contributed by atoms with Crippen LogP contribution in [-0.4, -0.2) is 24.1 Å². The Labute approximate surface area is 220 Å². The number of aryl methyl sites for hydroxylation is 1. The summed E-state index contributed by atoms with van der Waals surface area (Å²) in [6.45, 7) is 0. The highest BCUT2D eigenvalue weighted by Gasteiger charge is 2.39. The molecule has 0 N–H and O–H groups in total. The maximum absolute atomic E-state index is 13.7. The van der Waals surface area contributed by atoms with Gasteiger partial charge in [0.15, 0.2) is 11.6 Å². The molecule has 0 aliphatic rings. The molecule has 0 saturated carbocycles. The lowest BCUT2D eigenvalue weighted by Gasteiger charge is -2.18. The van der Waals surface area contributed by atoms with Gasteiger partial charge in [-0.3, -0.25) is 4.79 Å². The number of rotatable bonds is 9. The van der Waals surface area contributed by atoms with Crippen LogP contribution in [0.2, 0.25) is 15.2 Å². The lowest BCUT2D eigenvalue weighted by Crippen LogP contribution is -2.19. The predicted octanol–water partition coefficient (Wildman–Crippen LogP) is 8.75. The number of benzene rings is 2. The topological polar surface area (TPSA) is 39.2 Å². The van der Waals surface area contributed by atoms with Gasteiger partial charge < -0.3 is 4.74 Å². The fourth-order valence-electron chi connectivity index (χ4n) is 3.56. The Balaban J connectivity index is 1.76. The molecule has 0 aliphatic heterocycles. The Hall–Kier alpha value is -2.61. The summed E-state index contributed by atoms with van der Waals surface area (Å²) in [5, 5.41) is -0.616. The third kappa shape index (κ3) is 7.21. The highest BCUT2D eigenvalue weighted by atomic mass is 35.5. The molecule has 2 aromatic carbocycles. The van der Waals surface area contributed by atoms with Crippen LogP contribution in [0.4, 0.5) is 17.6 Å². The number of allylic oxidation sites excluding steroid dienone is 1. The molecule has 0 aliphatic carbocycles. The van der Waals surface area contributed by atoms with Crippen molar-refractivity contribution in [3.05, 3.63) is 98.0 Å². The molecule has 0 radical (unpaired) electrons. The number of Topliss-reactive ketones (excluding diaryl/α,β-unsaturated/α-hetero) is 1. The summed E-state index contributed by atoms with van der Waals surface area (Å²) in [6, 6.07) is 9.82. The van der Waals surface area contributed by atoms with E-state index < -0.39 is 28.0 Å². The highest BCUT2D eigenvalue weighted by molar-refractivity contribution is 6.35. The Morgan fingerprint density at radius 1 is 1.08 bits per heavy atom. The number of halogens is 7. The van der Waals surface area contributed by atoms with Crippen molar-refractivity contribution in [2.24, 2.45) is 0 Å². The average Bonchev–Trinajstić information content (AvgIpc) is 2.82. The molecule has 190 valence electrons. The van der Waals surface area contributed by atoms with Crippen molar-refractivity contribution in [1.29, 1.82) is 0 Å². The number of ketones is 1. The van der Waals surface area contributed by atoms with Crippen LogP contribution in [-0.2, 0) is 6.42 Å². The van der Waals surface area contributed by atoms with E-state index in [4.69, 9.17) is 39.5 Å². The molecule has 0 spiro atoms. The molecule has 3 nitrogen and oxygen atoms in total. The van der Waals surface area contributed by atoms with E-state index in [2.05, 4.69) is 4.98 Å². The van der Waals surface area contributed by atoms with E-state index in [1.807, 2.05) is 6.07 Å². The maximum Gasteiger partial charge on any atom is 0.399 e. The number of carbonyl (C=O) groups excluding carboxylic acids is 1. The molecule has 1 unspecified atom stereocenters. The van der Waals surface area contributed by atoms with Crippen LogP contribution in [0.1, 0.15) is 45.8 Å². The molecule has 1 heterocycles. The molecule has 10 heteroatoms. The zero-order chi connectivity index (χ0) is 26.5. The minimum atomic E-state index is -4.68. The number of pyridine rings is 1. The van der Waals surface area contributed by atoms with Gasteiger partial charge >= 0.3 is 6.18 Å². The minimum Gasteiger partial charge on any atom is -0.496 e. The molecule has 0 saturated heterocycles. The summed E-state index contributed by atoms with van der Waals surface area (Å²) in [6.07, 6.45) is 0.579. The Morgan fingerprint density at radius 2 is 1.78 bits per heavy atom. The molecule has 1 atom stereocenters. The summed E-state index contributed by atoms with van der Waals surface area (Å²) in [7, 11) is 1.38. The third-order valence-electron chi connectivity index (χ3n) is 5.38. The molecule has 0 amide bonds. The first-order valence-corrected chi connectivity index (χ1v) is 11.8. The van der Waals surface area contributed by atoms with Gasteiger partial charge in [-0.25, -0.2) is 9.37 Å². The number of hydrogen-bond acceptors (Lipinski definition) is 3. The van der Waals surface area contributed by atoms with Gasteiger partial charge in [-0.1, -0.05) is 59.1 Å². The number of aromatic nitrogens is 1. The number of carbonyl (C=O) groups is 1. The number of nitrogens with zero attached hydrogens (tertiary/aromatic N) is 1. The van der Waals surface area contributed by atoms with Gasteiger partial charge in [0.25, 0.3) is 0 Å². The molecule has 36 heavy (non-hydrogen) atoms. The van der Waals surface area contributed by atoms with Crippen LogP contribution in [0.25, 0.3) is 6.08 Å². The van der Waals surface area contributed by atoms with Crippen molar-refractivity contribution in [2.45, 2.75) is 31.4 Å². The van der Waals surface area contributed by atoms with Crippen molar-refractivity contribution >= 4 is 46.7 Å². The predicted molar refractivity (Wildman–Crippen MR) is 134 cm³/mol. The van der Waals surface area contributed by atoms with E-state index in [-0.39, 0.29) is 23.5 Å². The monoisotopic (exact) mass is 559 g/mol. The maximum atomic E-state index is 13.7. The largest absolute Gasteiger partial charge is 0.496 e. The van der Waals surface area contributed by atoms with Gasteiger partial charge in [0.05, 0.1) is 28.6 Å². The van der Waals surface area contributed by atoms with Gasteiger partial charge in [-0.2, -0.15) is 13.2 Å². The van der Waals surface area contributed by atoms with Crippen molar-refractivity contribution in [1.82, 2.24) is 4.98 Å². The van der Waals surface area contributed by atoms with Crippen LogP contribution >= 0.6 is 34.8 Å². The number of alkyl halides is 3. The van der Waals surface area contributed by atoms with E-state index >= 15 is 0 Å². The quantitative estimate of drug-likeness (QED) is 0.114. The second-order valence-corrected chi connectivity index (χ2v) is 9.10. The number of ether oxygens (including phenoxy) is 1. The summed E-state index contributed by atoms with van der Waals surface area (Å²) >= 11 is 17.1. The minimum absolute atomic E-state index is 0.159. The normalized spacial score (nSPS) is 12.7. The first-order valence-electron chi connectivity index (χ1n) is 10.7. The van der Waals surface area contributed by atoms with E-state index in [1.165, 1.54) is 31.4 Å². The summed E-state index contributed by atoms with van der Waals surface area (Å²) in [5.41, 5.74) is 1.35. The van der Waals surface area contributed by atoms with Gasteiger partial charge in [-0.05, 0) is 59.9 Å². The molecular formula is C26H20Cl3F4NO2. The zero-order valence-corrected chi connectivity index (χ0v) is 21.1. The fourth-order valence-corrected chi connectivity index (χ4v) is 4.17. The highest BCUT2D eigenvalue weighted by Crippen LogP contribution is 2.39. The molecule has 1 aromatic heterocycles. The molecule has 3 rings (SSSR count). The van der Waals surface area contributed by atoms with Crippen molar-refractivity contribution in [3.8, 4) is 5.75 Å². The zero-order valence-electron chi connectivity index (χ0n) is 18.9. The summed E-state index contributed by atoms with van der Waals surface area (Å²) in [5.74, 6) is -2.98. The van der Waals surface area contributed by atoms with Crippen LogP contribution in [0.3, 0.4) is 0 Å². The summed E-state index contributed by atoms with van der Waals surface area (Å²) < 4.78 is 60.2.